The van der Waals surface area contributed by atoms with Gasteiger partial charge in [-0.25, -0.2) is 4.98 Å². The topological polar surface area (TPSA) is 24.9 Å². The lowest BCUT2D eigenvalue weighted by atomic mass is 9.97. The molecule has 0 spiro atoms. The molecule has 0 aliphatic carbocycles. The van der Waals surface area contributed by atoms with E-state index in [1.807, 2.05) is 11.3 Å². The van der Waals surface area contributed by atoms with Gasteiger partial charge in [0.1, 0.15) is 0 Å². The largest absolute Gasteiger partial charge is 0.316 e. The molecule has 19 heavy (non-hydrogen) atoms. The van der Waals surface area contributed by atoms with Crippen molar-refractivity contribution in [3.63, 3.8) is 0 Å². The summed E-state index contributed by atoms with van der Waals surface area (Å²) in [6.07, 6.45) is 4.76. The van der Waals surface area contributed by atoms with Crippen LogP contribution in [0, 0.1) is 5.92 Å². The van der Waals surface area contributed by atoms with Gasteiger partial charge >= 0.3 is 0 Å². The van der Waals surface area contributed by atoms with Gasteiger partial charge in [-0.15, -0.1) is 11.3 Å². The minimum atomic E-state index is 0.782. The van der Waals surface area contributed by atoms with E-state index < -0.39 is 0 Å². The van der Waals surface area contributed by atoms with E-state index in [0.717, 1.165) is 25.3 Å². The fourth-order valence-electron chi connectivity index (χ4n) is 2.67. The van der Waals surface area contributed by atoms with E-state index in [-0.39, 0.29) is 0 Å². The van der Waals surface area contributed by atoms with Crippen molar-refractivity contribution in [1.82, 2.24) is 10.3 Å². The molecule has 1 aliphatic rings. The Kier molecular flexibility index (Phi) is 4.26. The third-order valence-corrected chi connectivity index (χ3v) is 4.61. The molecule has 2 nitrogen and oxygen atoms in total. The highest BCUT2D eigenvalue weighted by Gasteiger charge is 2.15. The SMILES string of the molecule is c1ccc(Cc2csc(CC3CCCNC3)n2)cc1. The van der Waals surface area contributed by atoms with Crippen LogP contribution >= 0.6 is 11.3 Å². The fourth-order valence-corrected chi connectivity index (χ4v) is 3.58. The molecule has 1 saturated heterocycles. The number of hydrogen-bond acceptors (Lipinski definition) is 3. The van der Waals surface area contributed by atoms with Gasteiger partial charge in [0.15, 0.2) is 0 Å². The first kappa shape index (κ1) is 12.8. The van der Waals surface area contributed by atoms with Gasteiger partial charge < -0.3 is 5.32 Å². The van der Waals surface area contributed by atoms with Crippen LogP contribution in [0.2, 0.25) is 0 Å². The van der Waals surface area contributed by atoms with Gasteiger partial charge in [0.25, 0.3) is 0 Å². The molecular formula is C16H20N2S. The monoisotopic (exact) mass is 272 g/mol. The lowest BCUT2D eigenvalue weighted by Gasteiger charge is -2.21. The van der Waals surface area contributed by atoms with Crippen molar-refractivity contribution in [3.8, 4) is 0 Å². The number of benzene rings is 1. The van der Waals surface area contributed by atoms with Crippen molar-refractivity contribution in [3.05, 3.63) is 52.0 Å². The van der Waals surface area contributed by atoms with Crippen molar-refractivity contribution in [2.24, 2.45) is 5.92 Å². The highest BCUT2D eigenvalue weighted by Crippen LogP contribution is 2.20. The molecule has 3 heteroatoms. The van der Waals surface area contributed by atoms with E-state index in [9.17, 15) is 0 Å². The number of rotatable bonds is 4. The Hall–Kier alpha value is -1.19. The van der Waals surface area contributed by atoms with Crippen LogP contribution in [0.25, 0.3) is 0 Å². The molecule has 100 valence electrons. The van der Waals surface area contributed by atoms with Gasteiger partial charge in [-0.2, -0.15) is 0 Å². The highest BCUT2D eigenvalue weighted by molar-refractivity contribution is 7.09. The molecule has 2 heterocycles. The van der Waals surface area contributed by atoms with Gasteiger partial charge in [-0.3, -0.25) is 0 Å². The summed E-state index contributed by atoms with van der Waals surface area (Å²) in [6, 6.07) is 10.6. The second-order valence-corrected chi connectivity index (χ2v) is 6.25. The first-order chi connectivity index (χ1) is 9.40. The summed E-state index contributed by atoms with van der Waals surface area (Å²) in [5.74, 6) is 0.782. The minimum Gasteiger partial charge on any atom is -0.316 e. The molecule has 0 bridgehead atoms. The van der Waals surface area contributed by atoms with Crippen molar-refractivity contribution < 1.29 is 0 Å². The third-order valence-electron chi connectivity index (χ3n) is 3.69. The number of thiazole rings is 1. The fraction of sp³-hybridized carbons (Fsp3) is 0.438. The quantitative estimate of drug-likeness (QED) is 0.924. The first-order valence-electron chi connectivity index (χ1n) is 7.08. The smallest absolute Gasteiger partial charge is 0.0931 e. The second-order valence-electron chi connectivity index (χ2n) is 5.31. The van der Waals surface area contributed by atoms with Gasteiger partial charge in [0.2, 0.25) is 0 Å². The van der Waals surface area contributed by atoms with Crippen LogP contribution in [0.5, 0.6) is 0 Å². The van der Waals surface area contributed by atoms with Crippen LogP contribution in [0.1, 0.15) is 29.1 Å². The van der Waals surface area contributed by atoms with Crippen LogP contribution in [0.3, 0.4) is 0 Å². The zero-order chi connectivity index (χ0) is 12.9. The Morgan fingerprint density at radius 3 is 2.95 bits per heavy atom. The number of aromatic nitrogens is 1. The molecular weight excluding hydrogens is 252 g/mol. The Morgan fingerprint density at radius 2 is 2.16 bits per heavy atom. The van der Waals surface area contributed by atoms with E-state index in [2.05, 4.69) is 41.0 Å². The summed E-state index contributed by atoms with van der Waals surface area (Å²) in [5, 5.41) is 7.00. The molecule has 1 aromatic carbocycles. The van der Waals surface area contributed by atoms with Gasteiger partial charge in [0, 0.05) is 18.2 Å². The summed E-state index contributed by atoms with van der Waals surface area (Å²) in [7, 11) is 0. The molecule has 1 fully saturated rings. The normalized spacial score (nSPS) is 19.5. The molecule has 1 N–H and O–H groups in total. The van der Waals surface area contributed by atoms with Crippen molar-refractivity contribution in [1.29, 1.82) is 0 Å². The summed E-state index contributed by atoms with van der Waals surface area (Å²) in [4.78, 5) is 4.79. The average Bonchev–Trinajstić information content (AvgIpc) is 2.88. The zero-order valence-electron chi connectivity index (χ0n) is 11.1. The first-order valence-corrected chi connectivity index (χ1v) is 7.96. The summed E-state index contributed by atoms with van der Waals surface area (Å²) >= 11 is 1.82. The number of nitrogens with zero attached hydrogens (tertiary/aromatic N) is 1. The predicted octanol–water partition coefficient (Wildman–Crippen LogP) is 3.28. The molecule has 1 atom stereocenters. The molecule has 0 radical (unpaired) electrons. The molecule has 1 aromatic heterocycles. The Bertz CT molecular complexity index is 500. The van der Waals surface area contributed by atoms with Crippen molar-refractivity contribution >= 4 is 11.3 Å². The Labute approximate surface area is 118 Å². The van der Waals surface area contributed by atoms with Gasteiger partial charge in [-0.1, -0.05) is 30.3 Å². The molecule has 0 saturated carbocycles. The van der Waals surface area contributed by atoms with Crippen molar-refractivity contribution in [2.75, 3.05) is 13.1 Å². The summed E-state index contributed by atoms with van der Waals surface area (Å²) in [6.45, 7) is 2.35. The highest BCUT2D eigenvalue weighted by atomic mass is 32.1. The van der Waals surface area contributed by atoms with E-state index in [0.29, 0.717) is 0 Å². The predicted molar refractivity (Wildman–Crippen MR) is 80.7 cm³/mol. The summed E-state index contributed by atoms with van der Waals surface area (Å²) in [5.41, 5.74) is 2.56. The van der Waals surface area contributed by atoms with E-state index in [1.54, 1.807) is 0 Å². The maximum atomic E-state index is 4.79. The van der Waals surface area contributed by atoms with Crippen LogP contribution < -0.4 is 5.32 Å². The maximum absolute atomic E-state index is 4.79. The lowest BCUT2D eigenvalue weighted by Crippen LogP contribution is -2.30. The van der Waals surface area contributed by atoms with Crippen LogP contribution in [0.4, 0.5) is 0 Å². The average molecular weight is 272 g/mol. The molecule has 3 rings (SSSR count). The van der Waals surface area contributed by atoms with E-state index >= 15 is 0 Å². The Morgan fingerprint density at radius 1 is 1.26 bits per heavy atom. The van der Waals surface area contributed by atoms with E-state index in [1.165, 1.54) is 35.7 Å². The number of hydrogen-bond donors (Lipinski definition) is 1. The molecule has 1 unspecified atom stereocenters. The Balaban J connectivity index is 1.59. The molecule has 1 aliphatic heterocycles. The minimum absolute atomic E-state index is 0.782. The molecule has 0 amide bonds. The van der Waals surface area contributed by atoms with Gasteiger partial charge in [0.05, 0.1) is 10.7 Å². The van der Waals surface area contributed by atoms with Crippen LogP contribution in [-0.2, 0) is 12.8 Å². The van der Waals surface area contributed by atoms with Crippen LogP contribution in [0.15, 0.2) is 35.7 Å². The number of piperidine rings is 1. The van der Waals surface area contributed by atoms with E-state index in [4.69, 9.17) is 4.98 Å². The molecule has 2 aromatic rings. The number of nitrogens with one attached hydrogen (secondary N) is 1. The standard InChI is InChI=1S/C16H20N2S/c1-2-5-13(6-3-1)9-15-12-19-16(18-15)10-14-7-4-8-17-11-14/h1-3,5-6,12,14,17H,4,7-11H2. The maximum Gasteiger partial charge on any atom is 0.0931 e. The lowest BCUT2D eigenvalue weighted by molar-refractivity contribution is 0.375. The second kappa shape index (κ2) is 6.31. The van der Waals surface area contributed by atoms with Gasteiger partial charge in [-0.05, 0) is 37.4 Å². The summed E-state index contributed by atoms with van der Waals surface area (Å²) < 4.78 is 0. The zero-order valence-corrected chi connectivity index (χ0v) is 12.0. The van der Waals surface area contributed by atoms with Crippen LogP contribution in [-0.4, -0.2) is 18.1 Å². The van der Waals surface area contributed by atoms with Crippen molar-refractivity contribution in [2.45, 2.75) is 25.7 Å². The third kappa shape index (κ3) is 3.64.